The summed E-state index contributed by atoms with van der Waals surface area (Å²) in [4.78, 5) is 41.1. The molecule has 0 bridgehead atoms. The summed E-state index contributed by atoms with van der Waals surface area (Å²) >= 11 is 1.28. The monoisotopic (exact) mass is 503 g/mol. The van der Waals surface area contributed by atoms with Crippen LogP contribution in [0, 0.1) is 11.8 Å². The number of benzene rings is 1. The van der Waals surface area contributed by atoms with E-state index in [1.54, 1.807) is 19.2 Å². The number of ether oxygens (including phenoxy) is 1. The Balaban J connectivity index is 2.19. The lowest BCUT2D eigenvalue weighted by Crippen LogP contribution is -2.38. The Labute approximate surface area is 211 Å². The number of nitrogens with one attached hydrogen (secondary N) is 2. The highest BCUT2D eigenvalue weighted by Crippen LogP contribution is 2.28. The molecule has 1 heterocycles. The van der Waals surface area contributed by atoms with E-state index in [1.807, 2.05) is 37.4 Å². The number of carboxylic acid groups (broad SMARTS) is 1. The number of amides is 1. The fraction of sp³-hybridized carbons (Fsp3) is 0.538. The number of nitrogens with zero attached hydrogens (tertiary/aromatic N) is 1. The molecule has 2 aromatic rings. The van der Waals surface area contributed by atoms with Crippen LogP contribution in [0.2, 0.25) is 0 Å². The van der Waals surface area contributed by atoms with Crippen LogP contribution in [0.15, 0.2) is 35.7 Å². The van der Waals surface area contributed by atoms with Crippen molar-refractivity contribution in [3.05, 3.63) is 52.0 Å². The Kier molecular flexibility index (Phi) is 11.3. The summed E-state index contributed by atoms with van der Waals surface area (Å²) in [6.07, 6.45) is 1.05. The van der Waals surface area contributed by atoms with Crippen molar-refractivity contribution in [1.82, 2.24) is 15.6 Å². The summed E-state index contributed by atoms with van der Waals surface area (Å²) < 4.78 is 5.67. The van der Waals surface area contributed by atoms with E-state index < -0.39 is 18.0 Å². The summed E-state index contributed by atoms with van der Waals surface area (Å²) in [7, 11) is 1.87. The molecule has 0 aliphatic carbocycles. The minimum Gasteiger partial charge on any atom is -0.481 e. The average molecular weight is 504 g/mol. The van der Waals surface area contributed by atoms with Gasteiger partial charge in [-0.05, 0) is 31.4 Å². The summed E-state index contributed by atoms with van der Waals surface area (Å²) in [5, 5.41) is 17.8. The Morgan fingerprint density at radius 2 is 1.80 bits per heavy atom. The van der Waals surface area contributed by atoms with Gasteiger partial charge in [-0.2, -0.15) is 0 Å². The zero-order valence-corrected chi connectivity index (χ0v) is 21.9. The summed E-state index contributed by atoms with van der Waals surface area (Å²) in [5.41, 5.74) is 1.24. The number of hydrogen-bond donors (Lipinski definition) is 3. The molecule has 35 heavy (non-hydrogen) atoms. The zero-order valence-electron chi connectivity index (χ0n) is 21.1. The van der Waals surface area contributed by atoms with Crippen molar-refractivity contribution in [3.8, 4) is 0 Å². The number of carbonyl (C=O) groups excluding carboxylic acids is 2. The first-order valence-electron chi connectivity index (χ1n) is 12.0. The lowest BCUT2D eigenvalue weighted by molar-refractivity contribution is -0.150. The third kappa shape index (κ3) is 9.07. The van der Waals surface area contributed by atoms with Crippen molar-refractivity contribution in [2.24, 2.45) is 11.8 Å². The van der Waals surface area contributed by atoms with Gasteiger partial charge in [0.05, 0.1) is 5.92 Å². The lowest BCUT2D eigenvalue weighted by atomic mass is 9.96. The Morgan fingerprint density at radius 3 is 2.37 bits per heavy atom. The fourth-order valence-corrected chi connectivity index (χ4v) is 4.65. The molecule has 192 valence electrons. The van der Waals surface area contributed by atoms with Gasteiger partial charge < -0.3 is 20.5 Å². The molecule has 0 aliphatic rings. The maximum Gasteiger partial charge on any atom is 0.306 e. The minimum absolute atomic E-state index is 0.110. The molecule has 0 aliphatic heterocycles. The summed E-state index contributed by atoms with van der Waals surface area (Å²) in [6, 6.07) is 9.37. The van der Waals surface area contributed by atoms with E-state index in [0.29, 0.717) is 30.2 Å². The normalized spacial score (nSPS) is 14.7. The van der Waals surface area contributed by atoms with E-state index in [1.165, 1.54) is 11.3 Å². The van der Waals surface area contributed by atoms with Gasteiger partial charge in [-0.15, -0.1) is 11.3 Å². The molecule has 0 fully saturated rings. The van der Waals surface area contributed by atoms with Crippen molar-refractivity contribution in [3.63, 3.8) is 0 Å². The largest absolute Gasteiger partial charge is 0.481 e. The number of rotatable bonds is 14. The van der Waals surface area contributed by atoms with Crippen molar-refractivity contribution in [2.75, 3.05) is 7.05 Å². The van der Waals surface area contributed by atoms with Crippen LogP contribution in [0.5, 0.6) is 0 Å². The van der Waals surface area contributed by atoms with Crippen LogP contribution in [0.1, 0.15) is 74.1 Å². The summed E-state index contributed by atoms with van der Waals surface area (Å²) in [6.45, 7) is 7.55. The van der Waals surface area contributed by atoms with Gasteiger partial charge in [0.2, 0.25) is 0 Å². The number of thiazole rings is 1. The highest BCUT2D eigenvalue weighted by molar-refractivity contribution is 7.09. The molecular weight excluding hydrogens is 466 g/mol. The molecule has 0 saturated carbocycles. The highest BCUT2D eigenvalue weighted by Gasteiger charge is 2.27. The zero-order chi connectivity index (χ0) is 26.0. The lowest BCUT2D eigenvalue weighted by Gasteiger charge is -2.25. The Bertz CT molecular complexity index is 963. The molecule has 0 spiro atoms. The quantitative estimate of drug-likeness (QED) is 0.330. The number of aromatic nitrogens is 1. The van der Waals surface area contributed by atoms with Crippen LogP contribution in [0.3, 0.4) is 0 Å². The number of aliphatic carboxylic acids is 1. The van der Waals surface area contributed by atoms with Crippen molar-refractivity contribution in [1.29, 1.82) is 0 Å². The number of carbonyl (C=O) groups is 3. The Hall–Kier alpha value is -2.78. The maximum absolute atomic E-state index is 13.1. The summed E-state index contributed by atoms with van der Waals surface area (Å²) in [5.74, 6) is -1.89. The van der Waals surface area contributed by atoms with Gasteiger partial charge in [0.25, 0.3) is 5.91 Å². The first-order chi connectivity index (χ1) is 16.6. The second-order valence-electron chi connectivity index (χ2n) is 9.11. The molecule has 0 saturated heterocycles. The molecule has 4 atom stereocenters. The van der Waals surface area contributed by atoms with Crippen molar-refractivity contribution >= 4 is 29.2 Å². The van der Waals surface area contributed by atoms with Crippen LogP contribution in [0.4, 0.5) is 0 Å². The Morgan fingerprint density at radius 1 is 1.11 bits per heavy atom. The molecule has 8 nitrogen and oxygen atoms in total. The second-order valence-corrected chi connectivity index (χ2v) is 10.0. The number of carboxylic acids is 1. The van der Waals surface area contributed by atoms with Gasteiger partial charge in [0.15, 0.2) is 6.10 Å². The SMILES string of the molecule is CCC(=O)O[C@H](C[C@@H](NC)C(C)C)c1nc(C(=O)NC(Cc2ccccc2)CC(C)C(=O)O)cs1. The van der Waals surface area contributed by atoms with E-state index in [4.69, 9.17) is 4.74 Å². The van der Waals surface area contributed by atoms with Gasteiger partial charge in [0, 0.05) is 30.3 Å². The maximum atomic E-state index is 13.1. The molecule has 9 heteroatoms. The van der Waals surface area contributed by atoms with Gasteiger partial charge in [-0.25, -0.2) is 4.98 Å². The van der Waals surface area contributed by atoms with Crippen LogP contribution >= 0.6 is 11.3 Å². The second kappa shape index (κ2) is 13.9. The molecule has 3 N–H and O–H groups in total. The van der Waals surface area contributed by atoms with Gasteiger partial charge in [0.1, 0.15) is 10.7 Å². The van der Waals surface area contributed by atoms with Crippen LogP contribution in [-0.4, -0.2) is 47.1 Å². The first kappa shape index (κ1) is 28.5. The number of esters is 1. The fourth-order valence-electron chi connectivity index (χ4n) is 3.81. The van der Waals surface area contributed by atoms with E-state index in [0.717, 1.165) is 5.56 Å². The topological polar surface area (TPSA) is 118 Å². The third-order valence-corrected chi connectivity index (χ3v) is 6.89. The van der Waals surface area contributed by atoms with Gasteiger partial charge in [-0.1, -0.05) is 58.0 Å². The van der Waals surface area contributed by atoms with Crippen LogP contribution in [0.25, 0.3) is 0 Å². The standard InChI is InChI=1S/C26H37N3O5S/c1-6-23(30)34-22(14-20(27-5)16(2)3)25-29-21(15-35-25)24(31)28-19(12-17(4)26(32)33)13-18-10-8-7-9-11-18/h7-11,15-17,19-20,22,27H,6,12-14H2,1-5H3,(H,28,31)(H,32,33)/t17?,19?,20-,22-/m1/s1. The predicted molar refractivity (Wildman–Crippen MR) is 136 cm³/mol. The number of hydrogen-bond acceptors (Lipinski definition) is 7. The van der Waals surface area contributed by atoms with Gasteiger partial charge in [-0.3, -0.25) is 14.4 Å². The van der Waals surface area contributed by atoms with Crippen molar-refractivity contribution in [2.45, 2.75) is 71.6 Å². The smallest absolute Gasteiger partial charge is 0.306 e. The van der Waals surface area contributed by atoms with Gasteiger partial charge >= 0.3 is 11.9 Å². The molecule has 1 aromatic carbocycles. The van der Waals surface area contributed by atoms with E-state index in [2.05, 4.69) is 29.5 Å². The van der Waals surface area contributed by atoms with E-state index in [9.17, 15) is 19.5 Å². The average Bonchev–Trinajstić information content (AvgIpc) is 3.32. The predicted octanol–water partition coefficient (Wildman–Crippen LogP) is 4.22. The first-order valence-corrected chi connectivity index (χ1v) is 12.9. The van der Waals surface area contributed by atoms with E-state index in [-0.39, 0.29) is 36.1 Å². The highest BCUT2D eigenvalue weighted by atomic mass is 32.1. The molecule has 1 amide bonds. The van der Waals surface area contributed by atoms with Crippen molar-refractivity contribution < 1.29 is 24.2 Å². The molecule has 0 radical (unpaired) electrons. The molecule has 2 rings (SSSR count). The third-order valence-electron chi connectivity index (χ3n) is 5.96. The van der Waals surface area contributed by atoms with E-state index >= 15 is 0 Å². The molecule has 1 aromatic heterocycles. The van der Waals surface area contributed by atoms with Crippen LogP contribution < -0.4 is 10.6 Å². The molecule has 2 unspecified atom stereocenters. The van der Waals surface area contributed by atoms with Crippen LogP contribution in [-0.2, 0) is 20.7 Å². The molecular formula is C26H37N3O5S. The minimum atomic E-state index is -0.905.